The van der Waals surface area contributed by atoms with E-state index in [2.05, 4.69) is 6.58 Å². The predicted molar refractivity (Wildman–Crippen MR) is 70.9 cm³/mol. The van der Waals surface area contributed by atoms with Gasteiger partial charge in [0.25, 0.3) is 0 Å². The standard InChI is InChI=1S/C14H25O5/c1-10(2)12(16)17-9-11(15)8-14(6,7)19-18-13(3,4)5/h11H,1,8-9H2,2-7H3. The van der Waals surface area contributed by atoms with Gasteiger partial charge in [0.2, 0.25) is 0 Å². The number of ether oxygens (including phenoxy) is 1. The lowest BCUT2D eigenvalue weighted by molar-refractivity contribution is -0.400. The Kier molecular flexibility index (Phi) is 6.69. The monoisotopic (exact) mass is 273 g/mol. The van der Waals surface area contributed by atoms with Crippen molar-refractivity contribution in [1.29, 1.82) is 0 Å². The third-order valence-electron chi connectivity index (χ3n) is 1.99. The van der Waals surface area contributed by atoms with Crippen molar-refractivity contribution in [3.8, 4) is 0 Å². The van der Waals surface area contributed by atoms with Crippen LogP contribution in [0.5, 0.6) is 0 Å². The average molecular weight is 273 g/mol. The zero-order chi connectivity index (χ0) is 15.3. The molecule has 0 bridgehead atoms. The second-order valence-electron chi connectivity index (χ2n) is 6.24. The molecular formula is C14H25O5. The highest BCUT2D eigenvalue weighted by Gasteiger charge is 2.28. The molecule has 0 fully saturated rings. The third kappa shape index (κ3) is 9.64. The Bertz CT molecular complexity index is 314. The van der Waals surface area contributed by atoms with Gasteiger partial charge >= 0.3 is 5.97 Å². The van der Waals surface area contributed by atoms with Crippen molar-refractivity contribution in [2.45, 2.75) is 65.3 Å². The van der Waals surface area contributed by atoms with E-state index in [9.17, 15) is 9.90 Å². The molecule has 0 rings (SSSR count). The molecule has 5 heteroatoms. The van der Waals surface area contributed by atoms with Crippen LogP contribution in [0, 0.1) is 0 Å². The largest absolute Gasteiger partial charge is 0.459 e. The fourth-order valence-electron chi connectivity index (χ4n) is 1.17. The van der Waals surface area contributed by atoms with E-state index >= 15 is 0 Å². The fourth-order valence-corrected chi connectivity index (χ4v) is 1.17. The van der Waals surface area contributed by atoms with E-state index in [1.54, 1.807) is 13.8 Å². The van der Waals surface area contributed by atoms with Crippen molar-refractivity contribution in [2.24, 2.45) is 0 Å². The van der Waals surface area contributed by atoms with E-state index in [4.69, 9.17) is 14.5 Å². The van der Waals surface area contributed by atoms with Crippen molar-refractivity contribution >= 4 is 5.97 Å². The van der Waals surface area contributed by atoms with E-state index in [1.165, 1.54) is 6.92 Å². The average Bonchev–Trinajstić information content (AvgIpc) is 2.21. The summed E-state index contributed by atoms with van der Waals surface area (Å²) in [4.78, 5) is 21.6. The molecule has 0 aliphatic rings. The Hall–Kier alpha value is -0.910. The second kappa shape index (κ2) is 7.03. The van der Waals surface area contributed by atoms with Crippen LogP contribution in [0.25, 0.3) is 0 Å². The highest BCUT2D eigenvalue weighted by molar-refractivity contribution is 5.86. The van der Waals surface area contributed by atoms with Crippen molar-refractivity contribution in [3.63, 3.8) is 0 Å². The normalized spacial score (nSPS) is 14.1. The summed E-state index contributed by atoms with van der Waals surface area (Å²) < 4.78 is 4.81. The number of hydrogen-bond acceptors (Lipinski definition) is 4. The Morgan fingerprint density at radius 1 is 1.16 bits per heavy atom. The van der Waals surface area contributed by atoms with Gasteiger partial charge in [-0.3, -0.25) is 0 Å². The van der Waals surface area contributed by atoms with Crippen LogP contribution in [0.2, 0.25) is 0 Å². The molecule has 0 saturated carbocycles. The van der Waals surface area contributed by atoms with E-state index in [1.807, 2.05) is 20.8 Å². The molecular weight excluding hydrogens is 248 g/mol. The van der Waals surface area contributed by atoms with Crippen molar-refractivity contribution in [1.82, 2.24) is 0 Å². The Labute approximate surface area is 115 Å². The molecule has 0 aliphatic heterocycles. The smallest absolute Gasteiger partial charge is 0.333 e. The minimum Gasteiger partial charge on any atom is -0.459 e. The highest BCUT2D eigenvalue weighted by Crippen LogP contribution is 2.21. The van der Waals surface area contributed by atoms with Gasteiger partial charge in [-0.05, 0) is 41.5 Å². The molecule has 1 radical (unpaired) electrons. The molecule has 0 aromatic heterocycles. The first kappa shape index (κ1) is 18.1. The second-order valence-corrected chi connectivity index (χ2v) is 6.24. The molecule has 111 valence electrons. The maximum atomic E-state index is 11.8. The molecule has 1 unspecified atom stereocenters. The maximum Gasteiger partial charge on any atom is 0.333 e. The van der Waals surface area contributed by atoms with Crippen LogP contribution in [0.4, 0.5) is 0 Å². The summed E-state index contributed by atoms with van der Waals surface area (Å²) in [6, 6.07) is 0. The summed E-state index contributed by atoms with van der Waals surface area (Å²) in [6.45, 7) is 13.8. The minimum absolute atomic E-state index is 0.173. The summed E-state index contributed by atoms with van der Waals surface area (Å²) in [7, 11) is 0. The van der Waals surface area contributed by atoms with Gasteiger partial charge in [0.05, 0.1) is 5.60 Å². The predicted octanol–water partition coefficient (Wildman–Crippen LogP) is 2.82. The minimum atomic E-state index is -1.07. The zero-order valence-electron chi connectivity index (χ0n) is 12.7. The Morgan fingerprint density at radius 2 is 1.68 bits per heavy atom. The first-order chi connectivity index (χ1) is 8.43. The van der Waals surface area contributed by atoms with E-state index in [0.717, 1.165) is 0 Å². The lowest BCUT2D eigenvalue weighted by atomic mass is 10.0. The van der Waals surface area contributed by atoms with Gasteiger partial charge in [-0.1, -0.05) is 6.58 Å². The van der Waals surface area contributed by atoms with Gasteiger partial charge in [-0.25, -0.2) is 19.7 Å². The SMILES string of the molecule is C=C(C)C(=O)OCC([O])CC(C)(C)OOC(C)(C)C. The number of rotatable bonds is 7. The Morgan fingerprint density at radius 3 is 2.11 bits per heavy atom. The number of carbonyl (C=O) groups excluding carboxylic acids is 1. The van der Waals surface area contributed by atoms with Crippen LogP contribution in [0.1, 0.15) is 48.0 Å². The molecule has 0 aliphatic carbocycles. The van der Waals surface area contributed by atoms with Gasteiger partial charge in [0, 0.05) is 12.0 Å². The van der Waals surface area contributed by atoms with E-state index in [0.29, 0.717) is 0 Å². The van der Waals surface area contributed by atoms with Gasteiger partial charge in [-0.15, -0.1) is 0 Å². The van der Waals surface area contributed by atoms with Crippen LogP contribution >= 0.6 is 0 Å². The summed E-state index contributed by atoms with van der Waals surface area (Å²) in [5.41, 5.74) is -0.906. The van der Waals surface area contributed by atoms with Crippen LogP contribution in [-0.4, -0.2) is 29.9 Å². The summed E-state index contributed by atoms with van der Waals surface area (Å²) >= 11 is 0. The quantitative estimate of drug-likeness (QED) is 0.310. The first-order valence-corrected chi connectivity index (χ1v) is 6.28. The lowest BCUT2D eigenvalue weighted by Gasteiger charge is -2.29. The van der Waals surface area contributed by atoms with Crippen LogP contribution < -0.4 is 0 Å². The van der Waals surface area contributed by atoms with Gasteiger partial charge in [0.15, 0.2) is 0 Å². The first-order valence-electron chi connectivity index (χ1n) is 6.28. The topological polar surface area (TPSA) is 64.7 Å². The van der Waals surface area contributed by atoms with Crippen molar-refractivity contribution in [3.05, 3.63) is 12.2 Å². The molecule has 0 aromatic rings. The summed E-state index contributed by atoms with van der Waals surface area (Å²) in [5, 5.41) is 11.8. The molecule has 0 amide bonds. The van der Waals surface area contributed by atoms with Crippen LogP contribution in [0.15, 0.2) is 12.2 Å². The molecule has 5 nitrogen and oxygen atoms in total. The molecule has 0 saturated heterocycles. The molecule has 0 spiro atoms. The number of carbonyl (C=O) groups is 1. The zero-order valence-corrected chi connectivity index (χ0v) is 12.7. The van der Waals surface area contributed by atoms with Gasteiger partial charge in [0.1, 0.15) is 18.3 Å². The molecule has 19 heavy (non-hydrogen) atoms. The number of esters is 1. The molecule has 1 atom stereocenters. The third-order valence-corrected chi connectivity index (χ3v) is 1.99. The fraction of sp³-hybridized carbons (Fsp3) is 0.786. The number of hydrogen-bond donors (Lipinski definition) is 0. The Balaban J connectivity index is 4.12. The van der Waals surface area contributed by atoms with E-state index in [-0.39, 0.29) is 18.6 Å². The van der Waals surface area contributed by atoms with Crippen LogP contribution in [-0.2, 0) is 24.4 Å². The lowest BCUT2D eigenvalue weighted by Crippen LogP contribution is -2.35. The molecule has 0 heterocycles. The van der Waals surface area contributed by atoms with Gasteiger partial charge < -0.3 is 4.74 Å². The summed E-state index contributed by atoms with van der Waals surface area (Å²) in [6.07, 6.45) is -0.895. The van der Waals surface area contributed by atoms with Gasteiger partial charge in [-0.2, -0.15) is 0 Å². The van der Waals surface area contributed by atoms with Crippen LogP contribution in [0.3, 0.4) is 0 Å². The summed E-state index contributed by atoms with van der Waals surface area (Å²) in [5.74, 6) is -0.550. The highest BCUT2D eigenvalue weighted by atomic mass is 17.2. The van der Waals surface area contributed by atoms with Crippen molar-refractivity contribution < 1.29 is 24.4 Å². The van der Waals surface area contributed by atoms with E-state index < -0.39 is 23.3 Å². The molecule has 0 N–H and O–H groups in total. The molecule has 0 aromatic carbocycles. The maximum absolute atomic E-state index is 11.8. The van der Waals surface area contributed by atoms with Crippen molar-refractivity contribution in [2.75, 3.05) is 6.61 Å².